The van der Waals surface area contributed by atoms with Gasteiger partial charge in [-0.15, -0.1) is 5.10 Å². The van der Waals surface area contributed by atoms with Crippen molar-refractivity contribution in [1.82, 2.24) is 15.0 Å². The average molecular weight is 145 g/mol. The van der Waals surface area contributed by atoms with E-state index in [4.69, 9.17) is 5.11 Å². The van der Waals surface area contributed by atoms with E-state index in [0.717, 1.165) is 0 Å². The van der Waals surface area contributed by atoms with E-state index in [1.807, 2.05) is 0 Å². The second kappa shape index (κ2) is 3.26. The van der Waals surface area contributed by atoms with Crippen LogP contribution in [0, 0.1) is 0 Å². The van der Waals surface area contributed by atoms with E-state index in [0.29, 0.717) is 5.69 Å². The molecule has 0 aliphatic rings. The summed E-state index contributed by atoms with van der Waals surface area (Å²) in [4.78, 5) is 0. The van der Waals surface area contributed by atoms with Gasteiger partial charge in [0, 0.05) is 0 Å². The minimum atomic E-state index is -0.464. The van der Waals surface area contributed by atoms with Crippen molar-refractivity contribution in [3.8, 4) is 0 Å². The largest absolute Gasteiger partial charge is 0.390 e. The molecule has 0 saturated heterocycles. The van der Waals surface area contributed by atoms with E-state index in [1.54, 1.807) is 0 Å². The molecule has 0 saturated carbocycles. The van der Waals surface area contributed by atoms with Gasteiger partial charge in [-0.3, -0.25) is 0 Å². The highest BCUT2D eigenvalue weighted by molar-refractivity contribution is 4.88. The fraction of sp³-hybridized carbons (Fsp3) is 0.600. The molecule has 0 radical (unpaired) electrons. The summed E-state index contributed by atoms with van der Waals surface area (Å²) in [6, 6.07) is 0. The minimum absolute atomic E-state index is 0.147. The highest BCUT2D eigenvalue weighted by atomic mass is 19.1. The number of alkyl halides is 1. The molecule has 0 fully saturated rings. The van der Waals surface area contributed by atoms with E-state index in [1.165, 1.54) is 10.9 Å². The number of hydrogen-bond acceptors (Lipinski definition) is 3. The molecular formula is C5H8FN3O. The van der Waals surface area contributed by atoms with Gasteiger partial charge < -0.3 is 5.11 Å². The maximum Gasteiger partial charge on any atom is 0.109 e. The molecule has 10 heavy (non-hydrogen) atoms. The van der Waals surface area contributed by atoms with E-state index < -0.39 is 6.67 Å². The second-order valence-electron chi connectivity index (χ2n) is 1.82. The number of aliphatic hydroxyl groups excluding tert-OH is 1. The molecule has 0 aliphatic carbocycles. The SMILES string of the molecule is OCc1cn(CCF)nn1. The van der Waals surface area contributed by atoms with Gasteiger partial charge >= 0.3 is 0 Å². The molecular weight excluding hydrogens is 137 g/mol. The van der Waals surface area contributed by atoms with E-state index in [9.17, 15) is 4.39 Å². The van der Waals surface area contributed by atoms with Gasteiger partial charge in [-0.05, 0) is 0 Å². The van der Waals surface area contributed by atoms with Crippen LogP contribution in [0.3, 0.4) is 0 Å². The lowest BCUT2D eigenvalue weighted by Crippen LogP contribution is -1.99. The van der Waals surface area contributed by atoms with Crippen LogP contribution in [0.25, 0.3) is 0 Å². The number of nitrogens with zero attached hydrogens (tertiary/aromatic N) is 3. The zero-order valence-corrected chi connectivity index (χ0v) is 5.37. The van der Waals surface area contributed by atoms with Crippen molar-refractivity contribution in [2.24, 2.45) is 0 Å². The lowest BCUT2D eigenvalue weighted by atomic mass is 10.5. The van der Waals surface area contributed by atoms with Gasteiger partial charge in [0.05, 0.1) is 19.3 Å². The number of aryl methyl sites for hydroxylation is 1. The zero-order chi connectivity index (χ0) is 7.40. The lowest BCUT2D eigenvalue weighted by molar-refractivity contribution is 0.276. The topological polar surface area (TPSA) is 50.9 Å². The molecule has 1 heterocycles. The molecule has 1 aromatic heterocycles. The average Bonchev–Trinajstić information content (AvgIpc) is 2.37. The summed E-state index contributed by atoms with van der Waals surface area (Å²) in [6.45, 7) is -0.409. The van der Waals surface area contributed by atoms with Gasteiger partial charge in [0.2, 0.25) is 0 Å². The van der Waals surface area contributed by atoms with Crippen LogP contribution in [-0.2, 0) is 13.2 Å². The predicted molar refractivity (Wildman–Crippen MR) is 31.9 cm³/mol. The molecule has 0 unspecified atom stereocenters. The molecule has 0 atom stereocenters. The summed E-state index contributed by atoms with van der Waals surface area (Å²) in [5, 5.41) is 15.6. The van der Waals surface area contributed by atoms with Gasteiger partial charge in [0.25, 0.3) is 0 Å². The lowest BCUT2D eigenvalue weighted by Gasteiger charge is -1.89. The van der Waals surface area contributed by atoms with Crippen molar-refractivity contribution >= 4 is 0 Å². The molecule has 0 amide bonds. The Balaban J connectivity index is 2.59. The van der Waals surface area contributed by atoms with E-state index in [2.05, 4.69) is 10.3 Å². The Morgan fingerprint density at radius 3 is 3.00 bits per heavy atom. The van der Waals surface area contributed by atoms with Crippen molar-refractivity contribution in [3.63, 3.8) is 0 Å². The minimum Gasteiger partial charge on any atom is -0.390 e. The molecule has 0 spiro atoms. The molecule has 1 aromatic rings. The monoisotopic (exact) mass is 145 g/mol. The van der Waals surface area contributed by atoms with Crippen LogP contribution < -0.4 is 0 Å². The third-order valence-electron chi connectivity index (χ3n) is 1.06. The maximum absolute atomic E-state index is 11.6. The highest BCUT2D eigenvalue weighted by Gasteiger charge is 1.96. The Labute approximate surface area is 57.3 Å². The van der Waals surface area contributed by atoms with Gasteiger partial charge in [-0.2, -0.15) is 0 Å². The van der Waals surface area contributed by atoms with Gasteiger partial charge in [-0.25, -0.2) is 9.07 Å². The van der Waals surface area contributed by atoms with Crippen molar-refractivity contribution in [2.45, 2.75) is 13.2 Å². The smallest absolute Gasteiger partial charge is 0.109 e. The van der Waals surface area contributed by atoms with E-state index >= 15 is 0 Å². The summed E-state index contributed by atoms with van der Waals surface area (Å²) < 4.78 is 13.0. The number of aromatic nitrogens is 3. The van der Waals surface area contributed by atoms with Crippen molar-refractivity contribution in [3.05, 3.63) is 11.9 Å². The zero-order valence-electron chi connectivity index (χ0n) is 5.37. The molecule has 5 heteroatoms. The fourth-order valence-electron chi connectivity index (χ4n) is 0.607. The number of halogens is 1. The maximum atomic E-state index is 11.6. The van der Waals surface area contributed by atoms with Crippen LogP contribution in [0.1, 0.15) is 5.69 Å². The Morgan fingerprint density at radius 1 is 1.70 bits per heavy atom. The number of aliphatic hydroxyl groups is 1. The summed E-state index contributed by atoms with van der Waals surface area (Å²) in [5.74, 6) is 0. The van der Waals surface area contributed by atoms with Crippen LogP contribution in [0.5, 0.6) is 0 Å². The van der Waals surface area contributed by atoms with Crippen molar-refractivity contribution in [2.75, 3.05) is 6.67 Å². The second-order valence-corrected chi connectivity index (χ2v) is 1.82. The first-order chi connectivity index (χ1) is 4.86. The Hall–Kier alpha value is -0.970. The molecule has 1 rings (SSSR count). The summed E-state index contributed by atoms with van der Waals surface area (Å²) in [6.07, 6.45) is 1.51. The molecule has 0 aromatic carbocycles. The van der Waals surface area contributed by atoms with E-state index in [-0.39, 0.29) is 13.2 Å². The van der Waals surface area contributed by atoms with Crippen LogP contribution >= 0.6 is 0 Å². The Bertz CT molecular complexity index is 201. The highest BCUT2D eigenvalue weighted by Crippen LogP contribution is 1.91. The Morgan fingerprint density at radius 2 is 2.50 bits per heavy atom. The van der Waals surface area contributed by atoms with Crippen LogP contribution in [0.2, 0.25) is 0 Å². The predicted octanol–water partition coefficient (Wildman–Crippen LogP) is -0.260. The Kier molecular flexibility index (Phi) is 2.33. The quantitative estimate of drug-likeness (QED) is 0.637. The van der Waals surface area contributed by atoms with Gasteiger partial charge in [0.1, 0.15) is 12.4 Å². The fourth-order valence-corrected chi connectivity index (χ4v) is 0.607. The third-order valence-corrected chi connectivity index (χ3v) is 1.06. The number of hydrogen-bond donors (Lipinski definition) is 1. The van der Waals surface area contributed by atoms with Gasteiger partial charge in [0.15, 0.2) is 0 Å². The first-order valence-corrected chi connectivity index (χ1v) is 2.92. The standard InChI is InChI=1S/C5H8FN3O/c6-1-2-9-3-5(4-10)7-8-9/h3,10H,1-2,4H2. The normalized spacial score (nSPS) is 10.2. The molecule has 1 N–H and O–H groups in total. The molecule has 4 nitrogen and oxygen atoms in total. The first kappa shape index (κ1) is 7.14. The summed E-state index contributed by atoms with van der Waals surface area (Å²) in [7, 11) is 0. The van der Waals surface area contributed by atoms with Crippen molar-refractivity contribution in [1.29, 1.82) is 0 Å². The van der Waals surface area contributed by atoms with Crippen LogP contribution in [-0.4, -0.2) is 26.8 Å². The summed E-state index contributed by atoms with van der Waals surface area (Å²) >= 11 is 0. The van der Waals surface area contributed by atoms with Crippen LogP contribution in [0.15, 0.2) is 6.20 Å². The number of rotatable bonds is 3. The summed E-state index contributed by atoms with van der Waals surface area (Å²) in [5.41, 5.74) is 0.466. The molecule has 0 aliphatic heterocycles. The van der Waals surface area contributed by atoms with Crippen molar-refractivity contribution < 1.29 is 9.50 Å². The third kappa shape index (κ3) is 1.51. The van der Waals surface area contributed by atoms with Crippen LogP contribution in [0.4, 0.5) is 4.39 Å². The first-order valence-electron chi connectivity index (χ1n) is 2.92. The molecule has 0 bridgehead atoms. The molecule has 56 valence electrons. The van der Waals surface area contributed by atoms with Gasteiger partial charge in [-0.1, -0.05) is 5.21 Å².